The third-order valence-corrected chi connectivity index (χ3v) is 3.32. The van der Waals surface area contributed by atoms with E-state index in [4.69, 9.17) is 5.11 Å². The summed E-state index contributed by atoms with van der Waals surface area (Å²) in [5.74, 6) is -1.35. The fourth-order valence-corrected chi connectivity index (χ4v) is 2.35. The van der Waals surface area contributed by atoms with Crippen molar-refractivity contribution in [2.24, 2.45) is 0 Å². The van der Waals surface area contributed by atoms with Crippen molar-refractivity contribution in [1.82, 2.24) is 9.65 Å². The number of hydrogen-bond acceptors (Lipinski definition) is 4. The number of nitrogens with zero attached hydrogens (tertiary/aromatic N) is 2. The SMILES string of the molecule is CN(P)C(=O)c1nc(-c2ccc(O)c(F)c2)cs1. The van der Waals surface area contributed by atoms with Gasteiger partial charge in [-0.2, -0.15) is 0 Å². The molecule has 0 aliphatic rings. The van der Waals surface area contributed by atoms with Gasteiger partial charge in [0.15, 0.2) is 16.6 Å². The van der Waals surface area contributed by atoms with Crippen LogP contribution in [0.4, 0.5) is 4.39 Å². The molecule has 1 unspecified atom stereocenters. The summed E-state index contributed by atoms with van der Waals surface area (Å²) in [6, 6.07) is 3.99. The van der Waals surface area contributed by atoms with Crippen LogP contribution in [-0.2, 0) is 0 Å². The molecule has 18 heavy (non-hydrogen) atoms. The van der Waals surface area contributed by atoms with Crippen LogP contribution < -0.4 is 0 Å². The molecular formula is C11H10FN2O2PS. The topological polar surface area (TPSA) is 53.4 Å². The van der Waals surface area contributed by atoms with Crippen LogP contribution >= 0.6 is 20.7 Å². The summed E-state index contributed by atoms with van der Waals surface area (Å²) in [7, 11) is 3.86. The van der Waals surface area contributed by atoms with Gasteiger partial charge in [-0.15, -0.1) is 11.3 Å². The smallest absolute Gasteiger partial charge is 0.285 e. The average Bonchev–Trinajstić information content (AvgIpc) is 2.81. The Morgan fingerprint density at radius 2 is 2.28 bits per heavy atom. The van der Waals surface area contributed by atoms with Gasteiger partial charge in [-0.25, -0.2) is 9.37 Å². The van der Waals surface area contributed by atoms with E-state index in [0.29, 0.717) is 16.3 Å². The second kappa shape index (κ2) is 5.00. The van der Waals surface area contributed by atoms with E-state index in [1.807, 2.05) is 0 Å². The average molecular weight is 284 g/mol. The van der Waals surface area contributed by atoms with Crippen molar-refractivity contribution >= 4 is 26.6 Å². The first kappa shape index (κ1) is 12.9. The van der Waals surface area contributed by atoms with Gasteiger partial charge in [0, 0.05) is 18.0 Å². The normalized spacial score (nSPS) is 10.4. The van der Waals surface area contributed by atoms with E-state index in [0.717, 1.165) is 0 Å². The molecule has 2 aromatic rings. The third-order valence-electron chi connectivity index (χ3n) is 2.25. The molecule has 0 saturated carbocycles. The molecule has 1 aromatic carbocycles. The number of benzene rings is 1. The van der Waals surface area contributed by atoms with Gasteiger partial charge in [-0.1, -0.05) is 0 Å². The first-order valence-corrected chi connectivity index (χ1v) is 6.36. The van der Waals surface area contributed by atoms with Gasteiger partial charge in [-0.3, -0.25) is 4.79 Å². The highest BCUT2D eigenvalue weighted by Gasteiger charge is 2.14. The maximum Gasteiger partial charge on any atom is 0.285 e. The van der Waals surface area contributed by atoms with Gasteiger partial charge in [0.25, 0.3) is 5.91 Å². The second-order valence-electron chi connectivity index (χ2n) is 3.62. The first-order valence-electron chi connectivity index (χ1n) is 4.96. The van der Waals surface area contributed by atoms with Gasteiger partial charge < -0.3 is 9.78 Å². The van der Waals surface area contributed by atoms with Crippen molar-refractivity contribution in [3.8, 4) is 17.0 Å². The summed E-state index contributed by atoms with van der Waals surface area (Å²) in [6.45, 7) is 0. The zero-order valence-corrected chi connectivity index (χ0v) is 11.4. The molecule has 4 nitrogen and oxygen atoms in total. The Balaban J connectivity index is 2.35. The maximum atomic E-state index is 13.2. The highest BCUT2D eigenvalue weighted by atomic mass is 32.1. The molecule has 94 valence electrons. The van der Waals surface area contributed by atoms with E-state index in [2.05, 4.69) is 14.4 Å². The third kappa shape index (κ3) is 2.49. The van der Waals surface area contributed by atoms with Crippen LogP contribution in [0.2, 0.25) is 0 Å². The van der Waals surface area contributed by atoms with Crippen molar-refractivity contribution in [3.63, 3.8) is 0 Å². The van der Waals surface area contributed by atoms with Crippen molar-refractivity contribution in [2.45, 2.75) is 0 Å². The summed E-state index contributed by atoms with van der Waals surface area (Å²) >= 11 is 1.19. The molecule has 0 spiro atoms. The fourth-order valence-electron chi connectivity index (χ4n) is 1.32. The fraction of sp³-hybridized carbons (Fsp3) is 0.0909. The van der Waals surface area contributed by atoms with Crippen LogP contribution in [0.25, 0.3) is 11.3 Å². The predicted octanol–water partition coefficient (Wildman–Crippen LogP) is 2.52. The van der Waals surface area contributed by atoms with Gasteiger partial charge in [0.05, 0.1) is 5.69 Å². The zero-order chi connectivity index (χ0) is 13.3. The van der Waals surface area contributed by atoms with E-state index in [1.165, 1.54) is 28.1 Å². The Hall–Kier alpha value is -1.52. The number of aromatic hydroxyl groups is 1. The number of phenols is 1. The van der Waals surface area contributed by atoms with Crippen LogP contribution in [0.3, 0.4) is 0 Å². The molecule has 7 heteroatoms. The summed E-state index contributed by atoms with van der Waals surface area (Å²) in [6.07, 6.45) is 0. The van der Waals surface area contributed by atoms with Gasteiger partial charge >= 0.3 is 0 Å². The van der Waals surface area contributed by atoms with Crippen LogP contribution in [0, 0.1) is 5.82 Å². The maximum absolute atomic E-state index is 13.2. The number of phenolic OH excluding ortho intramolecular Hbond substituents is 1. The molecule has 0 fully saturated rings. The lowest BCUT2D eigenvalue weighted by Crippen LogP contribution is -2.15. The van der Waals surface area contributed by atoms with Crippen LogP contribution in [0.5, 0.6) is 5.75 Å². The van der Waals surface area contributed by atoms with E-state index < -0.39 is 11.6 Å². The Morgan fingerprint density at radius 3 is 2.89 bits per heavy atom. The molecule has 1 aromatic heterocycles. The monoisotopic (exact) mass is 284 g/mol. The van der Waals surface area contributed by atoms with Crippen LogP contribution in [-0.4, -0.2) is 27.7 Å². The molecule has 1 heterocycles. The summed E-state index contributed by atoms with van der Waals surface area (Å²) in [4.78, 5) is 15.8. The lowest BCUT2D eigenvalue weighted by molar-refractivity contribution is 0.0890. The van der Waals surface area contributed by atoms with Crippen molar-refractivity contribution in [2.75, 3.05) is 7.05 Å². The molecule has 1 amide bonds. The van der Waals surface area contributed by atoms with E-state index in [9.17, 15) is 9.18 Å². The summed E-state index contributed by atoms with van der Waals surface area (Å²) in [5.41, 5.74) is 1.03. The first-order chi connectivity index (χ1) is 8.49. The minimum absolute atomic E-state index is 0.226. The van der Waals surface area contributed by atoms with Gasteiger partial charge in [0.1, 0.15) is 0 Å². The second-order valence-corrected chi connectivity index (χ2v) is 5.25. The molecular weight excluding hydrogens is 274 g/mol. The van der Waals surface area contributed by atoms with E-state index in [1.54, 1.807) is 18.5 Å². The van der Waals surface area contributed by atoms with Crippen molar-refractivity contribution in [3.05, 3.63) is 34.4 Å². The van der Waals surface area contributed by atoms with E-state index in [-0.39, 0.29) is 5.91 Å². The number of halogens is 1. The van der Waals surface area contributed by atoms with Gasteiger partial charge in [0.2, 0.25) is 0 Å². The van der Waals surface area contributed by atoms with Crippen molar-refractivity contribution in [1.29, 1.82) is 0 Å². The molecule has 0 aliphatic carbocycles. The number of aromatic nitrogens is 1. The highest BCUT2D eigenvalue weighted by molar-refractivity contribution is 7.16. The summed E-state index contributed by atoms with van der Waals surface area (Å²) in [5, 5.41) is 11.1. The highest BCUT2D eigenvalue weighted by Crippen LogP contribution is 2.26. The van der Waals surface area contributed by atoms with E-state index >= 15 is 0 Å². The molecule has 2 rings (SSSR count). The minimum atomic E-state index is -0.712. The standard InChI is InChI=1S/C11H10FN2O2PS/c1-14(17)11(16)10-13-8(5-18-10)6-2-3-9(15)7(12)4-6/h2-5,15H,17H2,1H3. The Morgan fingerprint density at radius 1 is 1.56 bits per heavy atom. The van der Waals surface area contributed by atoms with Crippen LogP contribution in [0.15, 0.2) is 23.6 Å². The Bertz CT molecular complexity index is 600. The molecule has 0 aliphatic heterocycles. The molecule has 0 saturated heterocycles. The molecule has 0 bridgehead atoms. The summed E-state index contributed by atoms with van der Waals surface area (Å²) < 4.78 is 14.6. The number of rotatable bonds is 2. The number of hydrogen-bond donors (Lipinski definition) is 1. The predicted molar refractivity (Wildman–Crippen MR) is 71.0 cm³/mol. The zero-order valence-electron chi connectivity index (χ0n) is 9.42. The quantitative estimate of drug-likeness (QED) is 0.862. The van der Waals surface area contributed by atoms with Crippen molar-refractivity contribution < 1.29 is 14.3 Å². The number of amides is 1. The number of thiazole rings is 1. The lowest BCUT2D eigenvalue weighted by Gasteiger charge is -2.05. The minimum Gasteiger partial charge on any atom is -0.505 e. The Kier molecular flexibility index (Phi) is 3.59. The largest absolute Gasteiger partial charge is 0.505 e. The molecule has 0 radical (unpaired) electrons. The van der Waals surface area contributed by atoms with Crippen LogP contribution in [0.1, 0.15) is 9.80 Å². The number of carbonyl (C=O) groups is 1. The molecule has 1 N–H and O–H groups in total. The number of carbonyl (C=O) groups excluding carboxylic acids is 1. The van der Waals surface area contributed by atoms with Gasteiger partial charge in [-0.05, 0) is 27.6 Å². The Labute approximate surface area is 109 Å². The molecule has 1 atom stereocenters. The lowest BCUT2D eigenvalue weighted by atomic mass is 10.1.